The second-order valence-electron chi connectivity index (χ2n) is 6.00. The molecule has 0 spiro atoms. The summed E-state index contributed by atoms with van der Waals surface area (Å²) in [5, 5.41) is 3.66. The average molecular weight is 285 g/mol. The first kappa shape index (κ1) is 15.8. The summed E-state index contributed by atoms with van der Waals surface area (Å²) in [6.07, 6.45) is 2.14. The van der Waals surface area contributed by atoms with Crippen LogP contribution < -0.4 is 5.32 Å². The molecular formula is C19H27NO. The van der Waals surface area contributed by atoms with Gasteiger partial charge in [-0.2, -0.15) is 0 Å². The summed E-state index contributed by atoms with van der Waals surface area (Å²) in [5.41, 5.74) is 5.39. The van der Waals surface area contributed by atoms with Gasteiger partial charge in [0.2, 0.25) is 0 Å². The third-order valence-corrected chi connectivity index (χ3v) is 4.11. The molecule has 0 aliphatic rings. The Morgan fingerprint density at radius 3 is 2.38 bits per heavy atom. The zero-order valence-electron chi connectivity index (χ0n) is 13.9. The van der Waals surface area contributed by atoms with Crippen LogP contribution in [0.1, 0.15) is 53.2 Å². The van der Waals surface area contributed by atoms with Crippen molar-refractivity contribution in [2.45, 2.75) is 53.5 Å². The molecule has 0 saturated carbocycles. The standard InChI is InChI=1S/C19H27NO/c1-6-9-20-19(18-11-15(4)21-16(18)5)12-17-8-7-13(2)14(3)10-17/h7-8,10-11,19-20H,6,9,12H2,1-5H3. The molecule has 21 heavy (non-hydrogen) atoms. The summed E-state index contributed by atoms with van der Waals surface area (Å²) in [5.74, 6) is 2.02. The van der Waals surface area contributed by atoms with Gasteiger partial charge in [0.1, 0.15) is 11.5 Å². The van der Waals surface area contributed by atoms with E-state index in [1.54, 1.807) is 0 Å². The maximum absolute atomic E-state index is 5.72. The van der Waals surface area contributed by atoms with Gasteiger partial charge in [0, 0.05) is 11.6 Å². The van der Waals surface area contributed by atoms with E-state index in [4.69, 9.17) is 4.42 Å². The number of rotatable bonds is 6. The Hall–Kier alpha value is -1.54. The van der Waals surface area contributed by atoms with E-state index in [0.29, 0.717) is 6.04 Å². The van der Waals surface area contributed by atoms with Gasteiger partial charge in [-0.3, -0.25) is 0 Å². The van der Waals surface area contributed by atoms with Gasteiger partial charge in [-0.25, -0.2) is 0 Å². The molecule has 0 radical (unpaired) electrons. The summed E-state index contributed by atoms with van der Waals surface area (Å²) in [6.45, 7) is 11.6. The van der Waals surface area contributed by atoms with Crippen molar-refractivity contribution >= 4 is 0 Å². The van der Waals surface area contributed by atoms with Crippen molar-refractivity contribution in [3.05, 3.63) is 58.0 Å². The van der Waals surface area contributed by atoms with E-state index in [-0.39, 0.29) is 0 Å². The first-order valence-electron chi connectivity index (χ1n) is 7.87. The first-order chi connectivity index (χ1) is 10.0. The van der Waals surface area contributed by atoms with Crippen molar-refractivity contribution in [1.29, 1.82) is 0 Å². The highest BCUT2D eigenvalue weighted by Crippen LogP contribution is 2.25. The summed E-state index contributed by atoms with van der Waals surface area (Å²) in [6, 6.07) is 9.26. The van der Waals surface area contributed by atoms with Gasteiger partial charge in [-0.1, -0.05) is 25.1 Å². The van der Waals surface area contributed by atoms with Crippen LogP contribution in [-0.2, 0) is 6.42 Å². The van der Waals surface area contributed by atoms with Crippen LogP contribution >= 0.6 is 0 Å². The zero-order chi connectivity index (χ0) is 15.4. The fourth-order valence-electron chi connectivity index (χ4n) is 2.77. The SMILES string of the molecule is CCCNC(Cc1ccc(C)c(C)c1)c1cc(C)oc1C. The lowest BCUT2D eigenvalue weighted by molar-refractivity contribution is 0.480. The largest absolute Gasteiger partial charge is 0.466 e. The number of hydrogen-bond donors (Lipinski definition) is 1. The molecule has 2 nitrogen and oxygen atoms in total. The average Bonchev–Trinajstić information content (AvgIpc) is 2.77. The molecule has 0 fully saturated rings. The summed E-state index contributed by atoms with van der Waals surface area (Å²) < 4.78 is 5.72. The normalized spacial score (nSPS) is 12.6. The van der Waals surface area contributed by atoms with E-state index in [9.17, 15) is 0 Å². The Morgan fingerprint density at radius 2 is 1.81 bits per heavy atom. The van der Waals surface area contributed by atoms with E-state index < -0.39 is 0 Å². The van der Waals surface area contributed by atoms with Crippen LogP contribution in [0.4, 0.5) is 0 Å². The Kier molecular flexibility index (Phi) is 5.24. The predicted molar refractivity (Wildman–Crippen MR) is 88.8 cm³/mol. The Morgan fingerprint density at radius 1 is 1.05 bits per heavy atom. The molecule has 2 rings (SSSR count). The van der Waals surface area contributed by atoms with E-state index in [2.05, 4.69) is 57.3 Å². The van der Waals surface area contributed by atoms with Gasteiger partial charge < -0.3 is 9.73 Å². The van der Waals surface area contributed by atoms with Crippen molar-refractivity contribution in [2.75, 3.05) is 6.54 Å². The molecule has 0 amide bonds. The predicted octanol–water partition coefficient (Wildman–Crippen LogP) is 4.80. The molecule has 1 aromatic heterocycles. The van der Waals surface area contributed by atoms with Gasteiger partial charge in [0.05, 0.1) is 0 Å². The topological polar surface area (TPSA) is 25.2 Å². The van der Waals surface area contributed by atoms with E-state index in [0.717, 1.165) is 30.9 Å². The summed E-state index contributed by atoms with van der Waals surface area (Å²) in [7, 11) is 0. The number of nitrogens with one attached hydrogen (secondary N) is 1. The molecule has 114 valence electrons. The Bertz CT molecular complexity index is 598. The van der Waals surface area contributed by atoms with Crippen molar-refractivity contribution < 1.29 is 4.42 Å². The third kappa shape index (κ3) is 3.98. The summed E-state index contributed by atoms with van der Waals surface area (Å²) in [4.78, 5) is 0. The molecule has 1 N–H and O–H groups in total. The zero-order valence-corrected chi connectivity index (χ0v) is 13.9. The van der Waals surface area contributed by atoms with Crippen LogP contribution in [0.5, 0.6) is 0 Å². The highest BCUT2D eigenvalue weighted by atomic mass is 16.3. The maximum atomic E-state index is 5.72. The molecule has 2 heteroatoms. The number of benzene rings is 1. The number of hydrogen-bond acceptors (Lipinski definition) is 2. The van der Waals surface area contributed by atoms with E-state index in [1.807, 2.05) is 6.92 Å². The smallest absolute Gasteiger partial charge is 0.105 e. The monoisotopic (exact) mass is 285 g/mol. The number of aryl methyl sites for hydroxylation is 4. The van der Waals surface area contributed by atoms with Crippen LogP contribution in [0, 0.1) is 27.7 Å². The fourth-order valence-corrected chi connectivity index (χ4v) is 2.77. The molecule has 1 heterocycles. The highest BCUT2D eigenvalue weighted by molar-refractivity contribution is 5.32. The minimum atomic E-state index is 0.324. The fraction of sp³-hybridized carbons (Fsp3) is 0.474. The van der Waals surface area contributed by atoms with Crippen LogP contribution in [0.3, 0.4) is 0 Å². The van der Waals surface area contributed by atoms with Gasteiger partial charge in [-0.05, 0) is 69.8 Å². The van der Waals surface area contributed by atoms with Gasteiger partial charge in [0.15, 0.2) is 0 Å². The molecule has 0 aliphatic carbocycles. The van der Waals surface area contributed by atoms with Gasteiger partial charge in [0.25, 0.3) is 0 Å². The van der Waals surface area contributed by atoms with Gasteiger partial charge >= 0.3 is 0 Å². The molecule has 2 aromatic rings. The van der Waals surface area contributed by atoms with Crippen molar-refractivity contribution in [2.24, 2.45) is 0 Å². The number of furan rings is 1. The quantitative estimate of drug-likeness (QED) is 0.825. The molecule has 1 atom stereocenters. The Balaban J connectivity index is 2.23. The van der Waals surface area contributed by atoms with Crippen molar-refractivity contribution in [3.8, 4) is 0 Å². The molecule has 0 saturated heterocycles. The lowest BCUT2D eigenvalue weighted by atomic mass is 9.96. The van der Waals surface area contributed by atoms with Crippen LogP contribution in [0.2, 0.25) is 0 Å². The molecular weight excluding hydrogens is 258 g/mol. The highest BCUT2D eigenvalue weighted by Gasteiger charge is 2.17. The van der Waals surface area contributed by atoms with Crippen molar-refractivity contribution in [1.82, 2.24) is 5.32 Å². The third-order valence-electron chi connectivity index (χ3n) is 4.11. The lowest BCUT2D eigenvalue weighted by Gasteiger charge is -2.19. The second-order valence-corrected chi connectivity index (χ2v) is 6.00. The minimum Gasteiger partial charge on any atom is -0.466 e. The van der Waals surface area contributed by atoms with E-state index in [1.165, 1.54) is 22.3 Å². The summed E-state index contributed by atoms with van der Waals surface area (Å²) >= 11 is 0. The van der Waals surface area contributed by atoms with Crippen molar-refractivity contribution in [3.63, 3.8) is 0 Å². The van der Waals surface area contributed by atoms with Crippen LogP contribution in [0.25, 0.3) is 0 Å². The van der Waals surface area contributed by atoms with Crippen LogP contribution in [-0.4, -0.2) is 6.54 Å². The Labute approximate surface area is 128 Å². The first-order valence-corrected chi connectivity index (χ1v) is 7.87. The van der Waals surface area contributed by atoms with Gasteiger partial charge in [-0.15, -0.1) is 0 Å². The molecule has 1 aromatic carbocycles. The lowest BCUT2D eigenvalue weighted by Crippen LogP contribution is -2.24. The molecule has 0 aliphatic heterocycles. The van der Waals surface area contributed by atoms with Crippen LogP contribution in [0.15, 0.2) is 28.7 Å². The second kappa shape index (κ2) is 6.95. The van der Waals surface area contributed by atoms with E-state index >= 15 is 0 Å². The molecule has 1 unspecified atom stereocenters. The molecule has 0 bridgehead atoms. The minimum absolute atomic E-state index is 0.324. The maximum Gasteiger partial charge on any atom is 0.105 e.